The highest BCUT2D eigenvalue weighted by molar-refractivity contribution is 7.99. The molecule has 1 fully saturated rings. The number of halogens is 1. The van der Waals surface area contributed by atoms with Gasteiger partial charge in [0.1, 0.15) is 5.82 Å². The van der Waals surface area contributed by atoms with Crippen LogP contribution in [-0.2, 0) is 0 Å². The first-order chi connectivity index (χ1) is 8.60. The maximum Gasteiger partial charge on any atom is 0.126 e. The highest BCUT2D eigenvalue weighted by Crippen LogP contribution is 2.29. The summed E-state index contributed by atoms with van der Waals surface area (Å²) in [7, 11) is 0. The van der Waals surface area contributed by atoms with Crippen LogP contribution in [0.1, 0.15) is 43.4 Å². The fourth-order valence-electron chi connectivity index (χ4n) is 2.63. The number of benzene rings is 1. The van der Waals surface area contributed by atoms with Crippen molar-refractivity contribution in [1.29, 1.82) is 0 Å². The molecule has 1 saturated carbocycles. The van der Waals surface area contributed by atoms with Crippen LogP contribution >= 0.6 is 11.8 Å². The molecule has 1 aromatic rings. The van der Waals surface area contributed by atoms with Crippen LogP contribution in [0.5, 0.6) is 0 Å². The standard InChI is InChI=1S/C15H22FNS/c1-10-4-5-12(8-15(10)16)11(2)17-13-6-7-14(9-13)18-3/h4-5,8,11,13-14,17H,6-7,9H2,1-3H3. The van der Waals surface area contributed by atoms with Gasteiger partial charge in [0, 0.05) is 17.3 Å². The van der Waals surface area contributed by atoms with E-state index >= 15 is 0 Å². The number of aryl methyl sites for hydroxylation is 1. The van der Waals surface area contributed by atoms with Gasteiger partial charge in [0.25, 0.3) is 0 Å². The van der Waals surface area contributed by atoms with Gasteiger partial charge in [-0.05, 0) is 56.6 Å². The first-order valence-corrected chi connectivity index (χ1v) is 7.94. The average molecular weight is 267 g/mol. The zero-order valence-corrected chi connectivity index (χ0v) is 12.2. The summed E-state index contributed by atoms with van der Waals surface area (Å²) in [5.74, 6) is -0.102. The lowest BCUT2D eigenvalue weighted by Gasteiger charge is -2.20. The molecule has 0 spiro atoms. The highest BCUT2D eigenvalue weighted by Gasteiger charge is 2.25. The van der Waals surface area contributed by atoms with E-state index in [-0.39, 0.29) is 11.9 Å². The molecule has 1 nitrogen and oxygen atoms in total. The van der Waals surface area contributed by atoms with Gasteiger partial charge in [-0.25, -0.2) is 4.39 Å². The van der Waals surface area contributed by atoms with E-state index in [9.17, 15) is 4.39 Å². The molecule has 1 aromatic carbocycles. The Morgan fingerprint density at radius 2 is 2.17 bits per heavy atom. The molecule has 0 radical (unpaired) electrons. The first kappa shape index (κ1) is 13.9. The molecule has 0 saturated heterocycles. The second kappa shape index (κ2) is 6.07. The van der Waals surface area contributed by atoms with Crippen molar-refractivity contribution in [2.75, 3.05) is 6.26 Å². The molecule has 1 aliphatic rings. The Morgan fingerprint density at radius 3 is 2.78 bits per heavy atom. The number of rotatable bonds is 4. The maximum atomic E-state index is 13.5. The first-order valence-electron chi connectivity index (χ1n) is 6.65. The minimum atomic E-state index is -0.102. The molecule has 0 aromatic heterocycles. The van der Waals surface area contributed by atoms with Crippen LogP contribution in [0.3, 0.4) is 0 Å². The topological polar surface area (TPSA) is 12.0 Å². The lowest BCUT2D eigenvalue weighted by molar-refractivity contribution is 0.460. The van der Waals surface area contributed by atoms with Crippen molar-refractivity contribution in [1.82, 2.24) is 5.32 Å². The van der Waals surface area contributed by atoms with Crippen LogP contribution in [0.2, 0.25) is 0 Å². The maximum absolute atomic E-state index is 13.5. The van der Waals surface area contributed by atoms with Crippen molar-refractivity contribution < 1.29 is 4.39 Å². The summed E-state index contributed by atoms with van der Waals surface area (Å²) in [6.07, 6.45) is 5.96. The molecule has 0 amide bonds. The van der Waals surface area contributed by atoms with Crippen molar-refractivity contribution in [3.05, 3.63) is 35.1 Å². The lowest BCUT2D eigenvalue weighted by atomic mass is 10.0. The highest BCUT2D eigenvalue weighted by atomic mass is 32.2. The van der Waals surface area contributed by atoms with Crippen molar-refractivity contribution in [2.24, 2.45) is 0 Å². The Kier molecular flexibility index (Phi) is 4.68. The Morgan fingerprint density at radius 1 is 1.39 bits per heavy atom. The summed E-state index contributed by atoms with van der Waals surface area (Å²) in [6, 6.07) is 6.36. The second-order valence-electron chi connectivity index (χ2n) is 5.26. The van der Waals surface area contributed by atoms with E-state index in [1.165, 1.54) is 19.3 Å². The third-order valence-corrected chi connectivity index (χ3v) is 4.99. The van der Waals surface area contributed by atoms with Crippen molar-refractivity contribution >= 4 is 11.8 Å². The van der Waals surface area contributed by atoms with E-state index < -0.39 is 0 Å². The Balaban J connectivity index is 1.95. The van der Waals surface area contributed by atoms with Crippen LogP contribution in [0.4, 0.5) is 4.39 Å². The summed E-state index contributed by atoms with van der Waals surface area (Å²) in [5.41, 5.74) is 1.76. The van der Waals surface area contributed by atoms with Gasteiger partial charge in [0.05, 0.1) is 0 Å². The van der Waals surface area contributed by atoms with Gasteiger partial charge < -0.3 is 5.32 Å². The number of nitrogens with one attached hydrogen (secondary N) is 1. The van der Waals surface area contributed by atoms with Crippen LogP contribution in [0.15, 0.2) is 18.2 Å². The van der Waals surface area contributed by atoms with Gasteiger partial charge in [-0.15, -0.1) is 0 Å². The molecular weight excluding hydrogens is 245 g/mol. The molecule has 3 heteroatoms. The molecule has 2 rings (SSSR count). The smallest absolute Gasteiger partial charge is 0.126 e. The van der Waals surface area contributed by atoms with E-state index in [0.717, 1.165) is 10.8 Å². The van der Waals surface area contributed by atoms with Gasteiger partial charge in [0.15, 0.2) is 0 Å². The fourth-order valence-corrected chi connectivity index (χ4v) is 3.43. The predicted octanol–water partition coefficient (Wildman–Crippen LogP) is 4.07. The average Bonchev–Trinajstić information content (AvgIpc) is 2.80. The third kappa shape index (κ3) is 3.27. The van der Waals surface area contributed by atoms with Crippen LogP contribution in [-0.4, -0.2) is 17.5 Å². The summed E-state index contributed by atoms with van der Waals surface area (Å²) < 4.78 is 13.5. The second-order valence-corrected chi connectivity index (χ2v) is 6.40. The zero-order chi connectivity index (χ0) is 13.1. The van der Waals surface area contributed by atoms with E-state index in [2.05, 4.69) is 18.5 Å². The van der Waals surface area contributed by atoms with Gasteiger partial charge >= 0.3 is 0 Å². The van der Waals surface area contributed by atoms with Gasteiger partial charge in [-0.2, -0.15) is 11.8 Å². The molecule has 0 aliphatic heterocycles. The largest absolute Gasteiger partial charge is 0.307 e. The predicted molar refractivity (Wildman–Crippen MR) is 77.6 cm³/mol. The summed E-state index contributed by atoms with van der Waals surface area (Å²) in [4.78, 5) is 0. The lowest BCUT2D eigenvalue weighted by Crippen LogP contribution is -2.29. The van der Waals surface area contributed by atoms with E-state index in [1.54, 1.807) is 13.0 Å². The van der Waals surface area contributed by atoms with Crippen molar-refractivity contribution in [3.63, 3.8) is 0 Å². The molecule has 3 unspecified atom stereocenters. The van der Waals surface area contributed by atoms with E-state index in [4.69, 9.17) is 0 Å². The van der Waals surface area contributed by atoms with Crippen molar-refractivity contribution in [2.45, 2.75) is 50.4 Å². The molecular formula is C15H22FNS. The van der Waals surface area contributed by atoms with Gasteiger partial charge in [-0.3, -0.25) is 0 Å². The normalized spacial score (nSPS) is 25.3. The quantitative estimate of drug-likeness (QED) is 0.882. The third-order valence-electron chi connectivity index (χ3n) is 3.90. The van der Waals surface area contributed by atoms with Crippen molar-refractivity contribution in [3.8, 4) is 0 Å². The zero-order valence-electron chi connectivity index (χ0n) is 11.4. The minimum absolute atomic E-state index is 0.102. The number of thioether (sulfide) groups is 1. The molecule has 18 heavy (non-hydrogen) atoms. The summed E-state index contributed by atoms with van der Waals surface area (Å²) in [5, 5.41) is 4.42. The van der Waals surface area contributed by atoms with Crippen LogP contribution in [0.25, 0.3) is 0 Å². The van der Waals surface area contributed by atoms with E-state index in [1.807, 2.05) is 23.9 Å². The molecule has 3 atom stereocenters. The molecule has 1 N–H and O–H groups in total. The van der Waals surface area contributed by atoms with Crippen LogP contribution in [0, 0.1) is 12.7 Å². The van der Waals surface area contributed by atoms with Gasteiger partial charge in [0.2, 0.25) is 0 Å². The fraction of sp³-hybridized carbons (Fsp3) is 0.600. The molecule has 0 bridgehead atoms. The Labute approximate surface area is 114 Å². The number of hydrogen-bond acceptors (Lipinski definition) is 2. The molecule has 0 heterocycles. The van der Waals surface area contributed by atoms with E-state index in [0.29, 0.717) is 11.6 Å². The van der Waals surface area contributed by atoms with Gasteiger partial charge in [-0.1, -0.05) is 12.1 Å². The summed E-state index contributed by atoms with van der Waals surface area (Å²) >= 11 is 1.96. The molecule has 100 valence electrons. The monoisotopic (exact) mass is 267 g/mol. The minimum Gasteiger partial charge on any atom is -0.307 e. The summed E-state index contributed by atoms with van der Waals surface area (Å²) in [6.45, 7) is 3.92. The van der Waals surface area contributed by atoms with Crippen LogP contribution < -0.4 is 5.32 Å². The Bertz CT molecular complexity index is 407. The SMILES string of the molecule is CSC1CCC(NC(C)c2ccc(C)c(F)c2)C1. The Hall–Kier alpha value is -0.540. The number of hydrogen-bond donors (Lipinski definition) is 1. The molecule has 1 aliphatic carbocycles.